The summed E-state index contributed by atoms with van der Waals surface area (Å²) in [6, 6.07) is 61.4. The molecule has 0 amide bonds. The molecule has 0 unspecified atom stereocenters. The maximum atomic E-state index is 14.5. The third-order valence-corrected chi connectivity index (χ3v) is 12.1. The van der Waals surface area contributed by atoms with Gasteiger partial charge in [0.15, 0.2) is 5.82 Å². The number of hydrogen-bond acceptors (Lipinski definition) is 3. The molecule has 294 valence electrons. The summed E-state index contributed by atoms with van der Waals surface area (Å²) >= 11 is 0. The van der Waals surface area contributed by atoms with E-state index in [2.05, 4.69) is 98.8 Å². The molecular weight excluding hydrogens is 765 g/mol. The Morgan fingerprint density at radius 3 is 1.52 bits per heavy atom. The summed E-state index contributed by atoms with van der Waals surface area (Å²) in [7, 11) is 0. The van der Waals surface area contributed by atoms with E-state index >= 15 is 0 Å². The van der Waals surface area contributed by atoms with Crippen LogP contribution in [0.4, 0.5) is 8.78 Å². The van der Waals surface area contributed by atoms with E-state index in [-0.39, 0.29) is 11.6 Å². The smallest absolute Gasteiger partial charge is 0.160 e. The van der Waals surface area contributed by atoms with E-state index in [1.165, 1.54) is 24.3 Å². The third kappa shape index (κ3) is 6.38. The van der Waals surface area contributed by atoms with Gasteiger partial charge >= 0.3 is 0 Å². The molecular formula is C57H37F2N3. The maximum Gasteiger partial charge on any atom is 0.160 e. The van der Waals surface area contributed by atoms with Crippen LogP contribution in [0.5, 0.6) is 0 Å². The molecule has 11 aromatic rings. The quantitative estimate of drug-likeness (QED) is 0.124. The van der Waals surface area contributed by atoms with Crippen LogP contribution < -0.4 is 0 Å². The molecule has 0 aliphatic heterocycles. The lowest BCUT2D eigenvalue weighted by molar-refractivity contribution is 0.627. The van der Waals surface area contributed by atoms with Gasteiger partial charge in [0.1, 0.15) is 11.6 Å². The van der Waals surface area contributed by atoms with E-state index in [9.17, 15) is 8.78 Å². The number of rotatable bonds is 6. The topological polar surface area (TPSA) is 38.7 Å². The molecule has 0 aliphatic rings. The Kier molecular flexibility index (Phi) is 8.97. The fourth-order valence-corrected chi connectivity index (χ4v) is 9.16. The minimum absolute atomic E-state index is 0.280. The van der Waals surface area contributed by atoms with E-state index < -0.39 is 0 Å². The molecule has 62 heavy (non-hydrogen) atoms. The summed E-state index contributed by atoms with van der Waals surface area (Å²) in [4.78, 5) is 15.3. The first-order valence-electron chi connectivity index (χ1n) is 20.7. The molecule has 0 bridgehead atoms. The van der Waals surface area contributed by atoms with Gasteiger partial charge < -0.3 is 0 Å². The number of fused-ring (bicyclic) bond motifs is 6. The number of pyridine rings is 1. The van der Waals surface area contributed by atoms with Crippen molar-refractivity contribution in [3.63, 3.8) is 0 Å². The standard InChI is InChI=1S/C57H37F2N3/c1-34-53-47-15-9-10-16-49(47)60-56(40-23-28-45(59)29-24-40)55(53)35(2)52-46-30-25-42(31-43(46)32-48(54(34)52)37-21-26-44(58)27-22-37)36-17-19-41(20-18-36)57-61-50(38-11-5-3-6-12-38)33-51(62-57)39-13-7-4-8-14-39/h3-33H,1-2H3. The van der Waals surface area contributed by atoms with Crippen molar-refractivity contribution < 1.29 is 8.78 Å². The number of aryl methyl sites for hydroxylation is 2. The third-order valence-electron chi connectivity index (χ3n) is 12.1. The number of halogens is 2. The molecule has 5 heteroatoms. The van der Waals surface area contributed by atoms with Crippen LogP contribution in [0.15, 0.2) is 188 Å². The number of nitrogens with zero attached hydrogens (tertiary/aromatic N) is 3. The van der Waals surface area contributed by atoms with Gasteiger partial charge in [0.05, 0.1) is 22.6 Å². The lowest BCUT2D eigenvalue weighted by atomic mass is 9.83. The van der Waals surface area contributed by atoms with Crippen molar-refractivity contribution in [3.8, 4) is 67.4 Å². The molecule has 3 nitrogen and oxygen atoms in total. The van der Waals surface area contributed by atoms with Crippen molar-refractivity contribution in [2.75, 3.05) is 0 Å². The van der Waals surface area contributed by atoms with E-state index in [1.54, 1.807) is 0 Å². The Bertz CT molecular complexity index is 3460. The second-order valence-electron chi connectivity index (χ2n) is 15.9. The molecule has 2 aromatic heterocycles. The van der Waals surface area contributed by atoms with E-state index in [4.69, 9.17) is 15.0 Å². The summed E-state index contributed by atoms with van der Waals surface area (Å²) in [5.41, 5.74) is 13.5. The molecule has 0 saturated carbocycles. The summed E-state index contributed by atoms with van der Waals surface area (Å²) in [6.07, 6.45) is 0. The molecule has 0 saturated heterocycles. The van der Waals surface area contributed by atoms with Crippen LogP contribution in [0.2, 0.25) is 0 Å². The van der Waals surface area contributed by atoms with Gasteiger partial charge in [0.25, 0.3) is 0 Å². The van der Waals surface area contributed by atoms with Crippen molar-refractivity contribution >= 4 is 43.2 Å². The lowest BCUT2D eigenvalue weighted by Gasteiger charge is -2.21. The van der Waals surface area contributed by atoms with Gasteiger partial charge in [-0.25, -0.2) is 23.7 Å². The maximum absolute atomic E-state index is 14.5. The van der Waals surface area contributed by atoms with E-state index in [1.807, 2.05) is 78.9 Å². The van der Waals surface area contributed by atoms with Crippen molar-refractivity contribution in [1.29, 1.82) is 0 Å². The first-order chi connectivity index (χ1) is 30.4. The largest absolute Gasteiger partial charge is 0.247 e. The minimum atomic E-state index is -0.291. The highest BCUT2D eigenvalue weighted by Gasteiger charge is 2.22. The Morgan fingerprint density at radius 2 is 0.871 bits per heavy atom. The molecule has 9 aromatic carbocycles. The predicted molar refractivity (Wildman–Crippen MR) is 252 cm³/mol. The summed E-state index contributed by atoms with van der Waals surface area (Å²) in [5.74, 6) is 0.0869. The number of benzene rings is 9. The fourth-order valence-electron chi connectivity index (χ4n) is 9.16. The van der Waals surface area contributed by atoms with Gasteiger partial charge in [-0.3, -0.25) is 0 Å². The molecule has 11 rings (SSSR count). The van der Waals surface area contributed by atoms with Crippen LogP contribution in [0.1, 0.15) is 11.1 Å². The zero-order valence-electron chi connectivity index (χ0n) is 34.0. The number of para-hydroxylation sites is 1. The average molecular weight is 802 g/mol. The Morgan fingerprint density at radius 1 is 0.355 bits per heavy atom. The van der Waals surface area contributed by atoms with Gasteiger partial charge in [0.2, 0.25) is 0 Å². The fraction of sp³-hybridized carbons (Fsp3) is 0.0351. The molecule has 0 spiro atoms. The van der Waals surface area contributed by atoms with Gasteiger partial charge in [-0.05, 0) is 135 Å². The second kappa shape index (κ2) is 15.0. The Hall–Kier alpha value is -7.89. The molecule has 2 heterocycles. The van der Waals surface area contributed by atoms with Crippen molar-refractivity contribution in [3.05, 3.63) is 211 Å². The van der Waals surface area contributed by atoms with Gasteiger partial charge in [0, 0.05) is 33.0 Å². The average Bonchev–Trinajstić information content (AvgIpc) is 3.33. The van der Waals surface area contributed by atoms with Crippen LogP contribution in [0.3, 0.4) is 0 Å². The Balaban J connectivity index is 1.11. The number of aromatic nitrogens is 3. The highest BCUT2D eigenvalue weighted by atomic mass is 19.1. The van der Waals surface area contributed by atoms with Crippen LogP contribution in [-0.4, -0.2) is 15.0 Å². The van der Waals surface area contributed by atoms with Crippen molar-refractivity contribution in [1.82, 2.24) is 15.0 Å². The Labute approximate surface area is 357 Å². The van der Waals surface area contributed by atoms with Crippen LogP contribution in [-0.2, 0) is 0 Å². The normalized spacial score (nSPS) is 11.5. The van der Waals surface area contributed by atoms with Crippen LogP contribution in [0.25, 0.3) is 111 Å². The zero-order valence-corrected chi connectivity index (χ0v) is 34.0. The first kappa shape index (κ1) is 37.1. The highest BCUT2D eigenvalue weighted by Crippen LogP contribution is 2.47. The molecule has 0 radical (unpaired) electrons. The SMILES string of the molecule is Cc1c2c(-c3ccc(F)cc3)nc3ccccc3c2c(C)c2c(-c3ccc(F)cc3)cc3cc(-c4ccc(-c5nc(-c6ccccc6)cc(-c6ccccc6)n5)cc4)ccc3c12. The molecule has 0 fully saturated rings. The lowest BCUT2D eigenvalue weighted by Crippen LogP contribution is -1.98. The summed E-state index contributed by atoms with van der Waals surface area (Å²) in [5, 5.41) is 7.57. The minimum Gasteiger partial charge on any atom is -0.247 e. The predicted octanol–water partition coefficient (Wildman–Crippen LogP) is 15.4. The van der Waals surface area contributed by atoms with Crippen LogP contribution in [0, 0.1) is 25.5 Å². The highest BCUT2D eigenvalue weighted by molar-refractivity contribution is 6.26. The van der Waals surface area contributed by atoms with Crippen molar-refractivity contribution in [2.24, 2.45) is 0 Å². The molecule has 0 atom stereocenters. The van der Waals surface area contributed by atoms with E-state index in [0.717, 1.165) is 116 Å². The zero-order chi connectivity index (χ0) is 41.9. The second-order valence-corrected chi connectivity index (χ2v) is 15.9. The number of hydrogen-bond donors (Lipinski definition) is 0. The van der Waals surface area contributed by atoms with Gasteiger partial charge in [-0.15, -0.1) is 0 Å². The molecule has 0 aliphatic carbocycles. The van der Waals surface area contributed by atoms with Gasteiger partial charge in [-0.2, -0.15) is 0 Å². The monoisotopic (exact) mass is 801 g/mol. The van der Waals surface area contributed by atoms with E-state index in [0.29, 0.717) is 5.82 Å². The molecule has 0 N–H and O–H groups in total. The van der Waals surface area contributed by atoms with Crippen LogP contribution >= 0.6 is 0 Å². The summed E-state index contributed by atoms with van der Waals surface area (Å²) < 4.78 is 28.7. The summed E-state index contributed by atoms with van der Waals surface area (Å²) in [6.45, 7) is 4.36. The van der Waals surface area contributed by atoms with Gasteiger partial charge in [-0.1, -0.05) is 127 Å². The van der Waals surface area contributed by atoms with Crippen molar-refractivity contribution in [2.45, 2.75) is 13.8 Å². The first-order valence-corrected chi connectivity index (χ1v) is 20.7.